The first-order chi connectivity index (χ1) is 7.02. The van der Waals surface area contributed by atoms with Gasteiger partial charge in [0.1, 0.15) is 11.9 Å². The van der Waals surface area contributed by atoms with Gasteiger partial charge in [-0.15, -0.1) is 0 Å². The van der Waals surface area contributed by atoms with E-state index in [-0.39, 0.29) is 5.75 Å². The molecule has 1 aliphatic carbocycles. The maximum atomic E-state index is 10.0. The van der Waals surface area contributed by atoms with Crippen LogP contribution in [0.1, 0.15) is 37.0 Å². The second kappa shape index (κ2) is 3.51. The first-order valence-electron chi connectivity index (χ1n) is 5.23. The Hall–Kier alpha value is -1.06. The lowest BCUT2D eigenvalue weighted by atomic mass is 9.90. The summed E-state index contributed by atoms with van der Waals surface area (Å²) in [7, 11) is 0. The van der Waals surface area contributed by atoms with Gasteiger partial charge in [0.2, 0.25) is 0 Å². The molecule has 0 saturated carbocycles. The van der Waals surface area contributed by atoms with Gasteiger partial charge in [-0.3, -0.25) is 0 Å². The minimum absolute atomic E-state index is 0.212. The highest BCUT2D eigenvalue weighted by Crippen LogP contribution is 2.38. The molecule has 3 heteroatoms. The van der Waals surface area contributed by atoms with Gasteiger partial charge in [-0.1, -0.05) is 12.1 Å². The number of rotatable bonds is 0. The molecule has 0 heterocycles. The molecule has 1 aromatic carbocycles. The number of aliphatic hydroxyl groups excluding tert-OH is 1. The van der Waals surface area contributed by atoms with Gasteiger partial charge in [-0.2, -0.15) is 0 Å². The van der Waals surface area contributed by atoms with Crippen LogP contribution in [0.3, 0.4) is 0 Å². The SMILES string of the molecule is CC1(O)CCCc2c(O)cccc2C1O. The summed E-state index contributed by atoms with van der Waals surface area (Å²) in [6, 6.07) is 5.07. The standard InChI is InChI=1S/C12H16O3/c1-12(15)7-3-5-8-9(11(12)14)4-2-6-10(8)13/h2,4,6,11,13-15H,3,5,7H2,1H3. The van der Waals surface area contributed by atoms with E-state index < -0.39 is 11.7 Å². The fourth-order valence-electron chi connectivity index (χ4n) is 2.22. The molecule has 3 N–H and O–H groups in total. The fraction of sp³-hybridized carbons (Fsp3) is 0.500. The Bertz CT molecular complexity index is 371. The summed E-state index contributed by atoms with van der Waals surface area (Å²) in [5.41, 5.74) is 0.319. The van der Waals surface area contributed by atoms with Crippen LogP contribution in [-0.2, 0) is 6.42 Å². The number of aromatic hydroxyl groups is 1. The van der Waals surface area contributed by atoms with Crippen molar-refractivity contribution in [3.63, 3.8) is 0 Å². The van der Waals surface area contributed by atoms with E-state index in [9.17, 15) is 15.3 Å². The van der Waals surface area contributed by atoms with Gasteiger partial charge in [-0.25, -0.2) is 0 Å². The fourth-order valence-corrected chi connectivity index (χ4v) is 2.22. The number of phenols is 1. The molecule has 0 spiro atoms. The Kier molecular flexibility index (Phi) is 2.44. The highest BCUT2D eigenvalue weighted by molar-refractivity contribution is 5.42. The summed E-state index contributed by atoms with van der Waals surface area (Å²) in [4.78, 5) is 0. The molecule has 1 aliphatic rings. The zero-order valence-electron chi connectivity index (χ0n) is 8.77. The summed E-state index contributed by atoms with van der Waals surface area (Å²) >= 11 is 0. The Morgan fingerprint density at radius 2 is 2.13 bits per heavy atom. The molecule has 1 aromatic rings. The van der Waals surface area contributed by atoms with Gasteiger partial charge in [0.15, 0.2) is 0 Å². The van der Waals surface area contributed by atoms with E-state index in [0.29, 0.717) is 18.4 Å². The first kappa shape index (κ1) is 10.5. The zero-order valence-corrected chi connectivity index (χ0v) is 8.77. The van der Waals surface area contributed by atoms with Crippen LogP contribution in [0.15, 0.2) is 18.2 Å². The summed E-state index contributed by atoms with van der Waals surface area (Å²) in [6.45, 7) is 1.64. The molecule has 0 bridgehead atoms. The largest absolute Gasteiger partial charge is 0.508 e. The molecule has 0 aliphatic heterocycles. The smallest absolute Gasteiger partial charge is 0.119 e. The predicted octanol–water partition coefficient (Wildman–Crippen LogP) is 1.51. The number of aliphatic hydroxyl groups is 2. The average molecular weight is 208 g/mol. The topological polar surface area (TPSA) is 60.7 Å². The average Bonchev–Trinajstić information content (AvgIpc) is 2.28. The van der Waals surface area contributed by atoms with Crippen molar-refractivity contribution in [3.05, 3.63) is 29.3 Å². The van der Waals surface area contributed by atoms with Crippen molar-refractivity contribution < 1.29 is 15.3 Å². The Labute approximate surface area is 89.0 Å². The monoisotopic (exact) mass is 208 g/mol. The third kappa shape index (κ3) is 1.73. The van der Waals surface area contributed by atoms with E-state index in [1.807, 2.05) is 0 Å². The van der Waals surface area contributed by atoms with Crippen molar-refractivity contribution in [3.8, 4) is 5.75 Å². The number of fused-ring (bicyclic) bond motifs is 1. The minimum Gasteiger partial charge on any atom is -0.508 e. The third-order valence-corrected chi connectivity index (χ3v) is 3.18. The molecule has 0 fully saturated rings. The van der Waals surface area contributed by atoms with Gasteiger partial charge >= 0.3 is 0 Å². The highest BCUT2D eigenvalue weighted by atomic mass is 16.3. The van der Waals surface area contributed by atoms with E-state index in [0.717, 1.165) is 12.0 Å². The molecule has 2 atom stereocenters. The molecule has 2 unspecified atom stereocenters. The number of hydrogen-bond acceptors (Lipinski definition) is 3. The number of hydrogen-bond donors (Lipinski definition) is 3. The summed E-state index contributed by atoms with van der Waals surface area (Å²) in [5, 5.41) is 29.7. The lowest BCUT2D eigenvalue weighted by Crippen LogP contribution is -2.31. The van der Waals surface area contributed by atoms with Crippen molar-refractivity contribution in [2.45, 2.75) is 37.9 Å². The first-order valence-corrected chi connectivity index (χ1v) is 5.23. The summed E-state index contributed by atoms with van der Waals surface area (Å²) in [6.07, 6.45) is 1.11. The lowest BCUT2D eigenvalue weighted by molar-refractivity contribution is -0.0674. The van der Waals surface area contributed by atoms with Crippen molar-refractivity contribution >= 4 is 0 Å². The van der Waals surface area contributed by atoms with E-state index in [2.05, 4.69) is 0 Å². The Morgan fingerprint density at radius 3 is 2.87 bits per heavy atom. The van der Waals surface area contributed by atoms with E-state index >= 15 is 0 Å². The van der Waals surface area contributed by atoms with E-state index in [1.54, 1.807) is 25.1 Å². The predicted molar refractivity (Wildman–Crippen MR) is 56.6 cm³/mol. The van der Waals surface area contributed by atoms with Crippen molar-refractivity contribution in [2.75, 3.05) is 0 Å². The summed E-state index contributed by atoms with van der Waals surface area (Å²) in [5.74, 6) is 0.212. The molecular formula is C12H16O3. The van der Waals surface area contributed by atoms with Crippen LogP contribution in [0.4, 0.5) is 0 Å². The van der Waals surface area contributed by atoms with E-state index in [4.69, 9.17) is 0 Å². The van der Waals surface area contributed by atoms with Crippen LogP contribution in [0, 0.1) is 0 Å². The molecule has 0 aromatic heterocycles. The lowest BCUT2D eigenvalue weighted by Gasteiger charge is -2.27. The quantitative estimate of drug-likeness (QED) is 0.566. The van der Waals surface area contributed by atoms with Crippen LogP contribution in [0.25, 0.3) is 0 Å². The second-order valence-electron chi connectivity index (χ2n) is 4.46. The van der Waals surface area contributed by atoms with E-state index in [1.165, 1.54) is 0 Å². The Morgan fingerprint density at radius 1 is 1.40 bits per heavy atom. The van der Waals surface area contributed by atoms with Gasteiger partial charge < -0.3 is 15.3 Å². The molecule has 0 amide bonds. The molecule has 0 radical (unpaired) electrons. The van der Waals surface area contributed by atoms with Crippen LogP contribution in [0.2, 0.25) is 0 Å². The Balaban J connectivity index is 2.52. The van der Waals surface area contributed by atoms with Crippen LogP contribution < -0.4 is 0 Å². The summed E-state index contributed by atoms with van der Waals surface area (Å²) < 4.78 is 0. The maximum absolute atomic E-state index is 10.0. The third-order valence-electron chi connectivity index (χ3n) is 3.18. The van der Waals surface area contributed by atoms with Crippen LogP contribution >= 0.6 is 0 Å². The van der Waals surface area contributed by atoms with Gasteiger partial charge in [0.25, 0.3) is 0 Å². The normalized spacial score (nSPS) is 30.7. The second-order valence-corrected chi connectivity index (χ2v) is 4.46. The van der Waals surface area contributed by atoms with Gasteiger partial charge in [-0.05, 0) is 43.4 Å². The minimum atomic E-state index is -1.10. The molecule has 2 rings (SSSR count). The molecule has 82 valence electrons. The van der Waals surface area contributed by atoms with Crippen LogP contribution in [-0.4, -0.2) is 20.9 Å². The van der Waals surface area contributed by atoms with Gasteiger partial charge in [0, 0.05) is 0 Å². The van der Waals surface area contributed by atoms with Crippen molar-refractivity contribution in [2.24, 2.45) is 0 Å². The molecular weight excluding hydrogens is 192 g/mol. The van der Waals surface area contributed by atoms with Crippen molar-refractivity contribution in [1.29, 1.82) is 0 Å². The maximum Gasteiger partial charge on any atom is 0.119 e. The number of phenolic OH excluding ortho intramolecular Hbond substituents is 1. The number of benzene rings is 1. The van der Waals surface area contributed by atoms with Gasteiger partial charge in [0.05, 0.1) is 5.60 Å². The van der Waals surface area contributed by atoms with Crippen molar-refractivity contribution in [1.82, 2.24) is 0 Å². The molecule has 0 saturated heterocycles. The zero-order chi connectivity index (χ0) is 11.1. The molecule has 15 heavy (non-hydrogen) atoms. The molecule has 3 nitrogen and oxygen atoms in total. The van der Waals surface area contributed by atoms with Crippen LogP contribution in [0.5, 0.6) is 5.75 Å². The highest BCUT2D eigenvalue weighted by Gasteiger charge is 2.35.